The van der Waals surface area contributed by atoms with Crippen LogP contribution in [0.25, 0.3) is 11.3 Å². The van der Waals surface area contributed by atoms with Gasteiger partial charge in [-0.3, -0.25) is 9.69 Å². The molecular weight excluding hydrogens is 351 g/mol. The maximum atomic E-state index is 13.0. The number of halogens is 1. The summed E-state index contributed by atoms with van der Waals surface area (Å²) in [5, 5.41) is 5.05. The molecule has 1 aliphatic heterocycles. The molecule has 0 radical (unpaired) electrons. The maximum absolute atomic E-state index is 13.0. The van der Waals surface area contributed by atoms with Crippen molar-refractivity contribution in [3.63, 3.8) is 0 Å². The van der Waals surface area contributed by atoms with Gasteiger partial charge in [-0.2, -0.15) is 0 Å². The summed E-state index contributed by atoms with van der Waals surface area (Å²) in [4.78, 5) is 16.1. The normalized spacial score (nSPS) is 14.2. The number of hydrogen-bond acceptors (Lipinski definition) is 4. The number of fused-ring (bicyclic) bond motifs is 1. The Kier molecular flexibility index (Phi) is 4.86. The highest BCUT2D eigenvalue weighted by molar-refractivity contribution is 7.10. The second-order valence-electron chi connectivity index (χ2n) is 6.32. The molecule has 0 saturated carbocycles. The molecule has 0 saturated heterocycles. The van der Waals surface area contributed by atoms with Crippen molar-refractivity contribution < 1.29 is 13.6 Å². The van der Waals surface area contributed by atoms with Crippen molar-refractivity contribution >= 4 is 17.2 Å². The van der Waals surface area contributed by atoms with Crippen molar-refractivity contribution in [2.24, 2.45) is 0 Å². The van der Waals surface area contributed by atoms with Crippen LogP contribution >= 0.6 is 11.3 Å². The first-order chi connectivity index (χ1) is 12.7. The van der Waals surface area contributed by atoms with E-state index < -0.39 is 0 Å². The Labute approximate surface area is 155 Å². The molecule has 1 amide bonds. The highest BCUT2D eigenvalue weighted by Gasteiger charge is 2.17. The Bertz CT molecular complexity index is 901. The second kappa shape index (κ2) is 7.43. The van der Waals surface area contributed by atoms with Crippen LogP contribution in [0.15, 0.2) is 52.3 Å². The average molecular weight is 370 g/mol. The van der Waals surface area contributed by atoms with E-state index in [9.17, 15) is 9.18 Å². The summed E-state index contributed by atoms with van der Waals surface area (Å²) in [6, 6.07) is 11.6. The minimum atomic E-state index is -0.300. The van der Waals surface area contributed by atoms with Gasteiger partial charge in [-0.25, -0.2) is 4.39 Å². The van der Waals surface area contributed by atoms with E-state index in [1.165, 1.54) is 22.6 Å². The summed E-state index contributed by atoms with van der Waals surface area (Å²) in [6.07, 6.45) is 1.08. The molecule has 0 unspecified atom stereocenters. The SMILES string of the molecule is O=C(NCCN1CCc2sccc2C1)c1ccc(-c2ccc(F)cc2)o1. The van der Waals surface area contributed by atoms with E-state index in [2.05, 4.69) is 21.7 Å². The van der Waals surface area contributed by atoms with E-state index >= 15 is 0 Å². The van der Waals surface area contributed by atoms with E-state index in [-0.39, 0.29) is 17.5 Å². The van der Waals surface area contributed by atoms with Crippen LogP contribution in [0, 0.1) is 5.82 Å². The summed E-state index contributed by atoms with van der Waals surface area (Å²) >= 11 is 1.83. The van der Waals surface area contributed by atoms with Crippen LogP contribution in [-0.2, 0) is 13.0 Å². The number of benzene rings is 1. The van der Waals surface area contributed by atoms with Crippen molar-refractivity contribution in [3.8, 4) is 11.3 Å². The van der Waals surface area contributed by atoms with Gasteiger partial charge in [-0.05, 0) is 59.8 Å². The molecule has 2 aromatic heterocycles. The number of hydrogen-bond donors (Lipinski definition) is 1. The Morgan fingerprint density at radius 2 is 2.04 bits per heavy atom. The molecule has 1 aromatic carbocycles. The minimum absolute atomic E-state index is 0.230. The molecule has 0 bridgehead atoms. The lowest BCUT2D eigenvalue weighted by atomic mass is 10.1. The number of nitrogens with one attached hydrogen (secondary N) is 1. The summed E-state index contributed by atoms with van der Waals surface area (Å²) in [7, 11) is 0. The zero-order chi connectivity index (χ0) is 17.9. The standard InChI is InChI=1S/C20H19FN2O2S/c21-16-3-1-14(2-4-16)17-5-6-18(25-17)20(24)22-9-11-23-10-7-19-15(13-23)8-12-26-19/h1-6,8,12H,7,9-11,13H2,(H,22,24). The molecule has 0 atom stereocenters. The molecule has 134 valence electrons. The van der Waals surface area contributed by atoms with E-state index in [0.29, 0.717) is 12.3 Å². The quantitative estimate of drug-likeness (QED) is 0.740. The molecule has 0 fully saturated rings. The maximum Gasteiger partial charge on any atom is 0.287 e. The van der Waals surface area contributed by atoms with Gasteiger partial charge in [0, 0.05) is 36.6 Å². The fourth-order valence-corrected chi connectivity index (χ4v) is 4.03. The molecule has 0 spiro atoms. The van der Waals surface area contributed by atoms with Gasteiger partial charge in [-0.15, -0.1) is 11.3 Å². The number of nitrogens with zero attached hydrogens (tertiary/aromatic N) is 1. The molecule has 4 nitrogen and oxygen atoms in total. The van der Waals surface area contributed by atoms with Gasteiger partial charge in [-0.1, -0.05) is 0 Å². The number of thiophene rings is 1. The molecule has 6 heteroatoms. The lowest BCUT2D eigenvalue weighted by molar-refractivity contribution is 0.0920. The van der Waals surface area contributed by atoms with Gasteiger partial charge in [0.25, 0.3) is 5.91 Å². The van der Waals surface area contributed by atoms with Crippen molar-refractivity contribution in [2.45, 2.75) is 13.0 Å². The van der Waals surface area contributed by atoms with Crippen molar-refractivity contribution in [3.05, 3.63) is 69.9 Å². The Morgan fingerprint density at radius 3 is 2.88 bits per heavy atom. The van der Waals surface area contributed by atoms with E-state index in [1.54, 1.807) is 24.3 Å². The topological polar surface area (TPSA) is 45.5 Å². The predicted molar refractivity (Wildman–Crippen MR) is 99.7 cm³/mol. The lowest BCUT2D eigenvalue weighted by Crippen LogP contribution is -2.37. The zero-order valence-electron chi connectivity index (χ0n) is 14.2. The molecule has 1 aliphatic rings. The highest BCUT2D eigenvalue weighted by atomic mass is 32.1. The van der Waals surface area contributed by atoms with Crippen LogP contribution in [0.4, 0.5) is 4.39 Å². The lowest BCUT2D eigenvalue weighted by Gasteiger charge is -2.26. The fourth-order valence-electron chi connectivity index (χ4n) is 3.14. The van der Waals surface area contributed by atoms with Crippen LogP contribution in [0.2, 0.25) is 0 Å². The van der Waals surface area contributed by atoms with Gasteiger partial charge in [0.2, 0.25) is 0 Å². The molecular formula is C20H19FN2O2S. The Morgan fingerprint density at radius 1 is 1.19 bits per heavy atom. The van der Waals surface area contributed by atoms with Crippen LogP contribution in [0.5, 0.6) is 0 Å². The van der Waals surface area contributed by atoms with Crippen LogP contribution in [0.3, 0.4) is 0 Å². The monoisotopic (exact) mass is 370 g/mol. The van der Waals surface area contributed by atoms with Gasteiger partial charge in [0.1, 0.15) is 11.6 Å². The van der Waals surface area contributed by atoms with Crippen molar-refractivity contribution in [2.75, 3.05) is 19.6 Å². The molecule has 3 aromatic rings. The molecule has 3 heterocycles. The second-order valence-corrected chi connectivity index (χ2v) is 7.32. The first-order valence-electron chi connectivity index (χ1n) is 8.60. The van der Waals surface area contributed by atoms with Gasteiger partial charge in [0.05, 0.1) is 0 Å². The van der Waals surface area contributed by atoms with Crippen LogP contribution in [-0.4, -0.2) is 30.4 Å². The molecule has 1 N–H and O–H groups in total. The summed E-state index contributed by atoms with van der Waals surface area (Å²) in [5.74, 6) is 0.288. The largest absolute Gasteiger partial charge is 0.451 e. The van der Waals surface area contributed by atoms with Crippen LogP contribution < -0.4 is 5.32 Å². The average Bonchev–Trinajstić information content (AvgIpc) is 3.31. The summed E-state index contributed by atoms with van der Waals surface area (Å²) < 4.78 is 18.6. The fraction of sp³-hybridized carbons (Fsp3) is 0.250. The summed E-state index contributed by atoms with van der Waals surface area (Å²) in [5.41, 5.74) is 2.15. The van der Waals surface area contributed by atoms with Crippen LogP contribution in [0.1, 0.15) is 21.0 Å². The number of furan rings is 1. The van der Waals surface area contributed by atoms with Crippen molar-refractivity contribution in [1.29, 1.82) is 0 Å². The third kappa shape index (κ3) is 3.71. The minimum Gasteiger partial charge on any atom is -0.451 e. The zero-order valence-corrected chi connectivity index (χ0v) is 15.0. The van der Waals surface area contributed by atoms with E-state index in [4.69, 9.17) is 4.42 Å². The molecule has 26 heavy (non-hydrogen) atoms. The number of carbonyl (C=O) groups excluding carboxylic acids is 1. The van der Waals surface area contributed by atoms with Crippen molar-refractivity contribution in [1.82, 2.24) is 10.2 Å². The summed E-state index contributed by atoms with van der Waals surface area (Å²) in [6.45, 7) is 3.36. The smallest absolute Gasteiger partial charge is 0.287 e. The number of amides is 1. The molecule has 0 aliphatic carbocycles. The number of carbonyl (C=O) groups is 1. The van der Waals surface area contributed by atoms with Gasteiger partial charge >= 0.3 is 0 Å². The predicted octanol–water partition coefficient (Wildman–Crippen LogP) is 3.94. The Balaban J connectivity index is 1.29. The highest BCUT2D eigenvalue weighted by Crippen LogP contribution is 2.24. The van der Waals surface area contributed by atoms with E-state index in [1.807, 2.05) is 11.3 Å². The third-order valence-electron chi connectivity index (χ3n) is 4.56. The Hall–Kier alpha value is -2.44. The van der Waals surface area contributed by atoms with Gasteiger partial charge < -0.3 is 9.73 Å². The van der Waals surface area contributed by atoms with E-state index in [0.717, 1.165) is 31.6 Å². The third-order valence-corrected chi connectivity index (χ3v) is 5.58. The first-order valence-corrected chi connectivity index (χ1v) is 9.48. The molecule has 4 rings (SSSR count). The first kappa shape index (κ1) is 17.0. The number of rotatable bonds is 5. The van der Waals surface area contributed by atoms with Gasteiger partial charge in [0.15, 0.2) is 5.76 Å².